The van der Waals surface area contributed by atoms with E-state index in [9.17, 15) is 4.79 Å². The van der Waals surface area contributed by atoms with Gasteiger partial charge in [-0.2, -0.15) is 0 Å². The Hall–Kier alpha value is -2.30. The van der Waals surface area contributed by atoms with Crippen LogP contribution in [0.1, 0.15) is 28.2 Å². The molecule has 0 bridgehead atoms. The molecular weight excluding hydrogens is 369 g/mol. The van der Waals surface area contributed by atoms with Crippen molar-refractivity contribution in [3.05, 3.63) is 75.7 Å². The Morgan fingerprint density at radius 2 is 2.04 bits per heavy atom. The minimum absolute atomic E-state index is 0.246. The number of nitrogens with zero attached hydrogens (tertiary/aromatic N) is 2. The van der Waals surface area contributed by atoms with Crippen molar-refractivity contribution in [1.29, 1.82) is 0 Å². The highest BCUT2D eigenvalue weighted by molar-refractivity contribution is 6.43. The van der Waals surface area contributed by atoms with Crippen LogP contribution in [-0.2, 0) is 19.5 Å². The second kappa shape index (κ2) is 7.14. The van der Waals surface area contributed by atoms with Crippen molar-refractivity contribution in [1.82, 2.24) is 14.9 Å². The normalized spacial score (nSPS) is 12.8. The number of rotatable bonds is 4. The summed E-state index contributed by atoms with van der Waals surface area (Å²) in [5.41, 5.74) is 3.41. The number of fused-ring (bicyclic) bond motifs is 1. The smallest absolute Gasteiger partial charge is 0.253 e. The Balaban J connectivity index is 1.48. The number of hydrogen-bond acceptors (Lipinski definition) is 2. The van der Waals surface area contributed by atoms with Gasteiger partial charge in [0.2, 0.25) is 0 Å². The van der Waals surface area contributed by atoms with E-state index in [2.05, 4.69) is 22.1 Å². The second-order valence-electron chi connectivity index (χ2n) is 6.32. The molecule has 3 aromatic rings. The van der Waals surface area contributed by atoms with Crippen molar-refractivity contribution in [2.75, 3.05) is 0 Å². The van der Waals surface area contributed by atoms with Gasteiger partial charge in [0.1, 0.15) is 5.82 Å². The zero-order chi connectivity index (χ0) is 18.1. The van der Waals surface area contributed by atoms with Crippen LogP contribution in [-0.4, -0.2) is 15.5 Å². The summed E-state index contributed by atoms with van der Waals surface area (Å²) in [7, 11) is 0. The number of aromatic nitrogens is 2. The van der Waals surface area contributed by atoms with E-state index in [1.807, 2.05) is 18.2 Å². The van der Waals surface area contributed by atoms with Crippen LogP contribution in [0.25, 0.3) is 11.3 Å². The molecule has 1 aliphatic heterocycles. The molecule has 0 fully saturated rings. The minimum atomic E-state index is -0.246. The van der Waals surface area contributed by atoms with Crippen molar-refractivity contribution in [3.8, 4) is 11.3 Å². The Labute approximate surface area is 161 Å². The summed E-state index contributed by atoms with van der Waals surface area (Å²) in [5, 5.41) is 3.53. The summed E-state index contributed by atoms with van der Waals surface area (Å²) in [6.45, 7) is 1.45. The number of carbonyl (C=O) groups is 1. The number of halogens is 2. The summed E-state index contributed by atoms with van der Waals surface area (Å²) >= 11 is 12.1. The zero-order valence-corrected chi connectivity index (χ0v) is 15.5. The molecule has 1 aliphatic rings. The molecule has 0 spiro atoms. The molecule has 4 rings (SSSR count). The van der Waals surface area contributed by atoms with Crippen molar-refractivity contribution in [2.24, 2.45) is 0 Å². The Kier molecular flexibility index (Phi) is 4.70. The van der Waals surface area contributed by atoms with E-state index in [0.717, 1.165) is 35.6 Å². The Bertz CT molecular complexity index is 959. The molecule has 2 aromatic carbocycles. The standard InChI is InChI=1S/C20H17Cl2N3O/c21-16-7-2-6-15(19(16)22)20(26)23-11-13-4-1-5-14(10-13)17-12-25-9-3-8-18(25)24-17/h1-2,4-7,10,12H,3,8-9,11H2,(H,23,26). The maximum Gasteiger partial charge on any atom is 0.253 e. The number of nitrogens with one attached hydrogen (secondary N) is 1. The minimum Gasteiger partial charge on any atom is -0.348 e. The van der Waals surface area contributed by atoms with Crippen molar-refractivity contribution in [3.63, 3.8) is 0 Å². The first-order valence-electron chi connectivity index (χ1n) is 8.49. The third-order valence-corrected chi connectivity index (χ3v) is 5.35. The molecule has 1 aromatic heterocycles. The molecule has 26 heavy (non-hydrogen) atoms. The average molecular weight is 386 g/mol. The molecule has 0 atom stereocenters. The van der Waals surface area contributed by atoms with Gasteiger partial charge in [0.25, 0.3) is 5.91 Å². The van der Waals surface area contributed by atoms with Crippen LogP contribution in [0, 0.1) is 0 Å². The molecule has 0 saturated carbocycles. The summed E-state index contributed by atoms with van der Waals surface area (Å²) in [5.74, 6) is 0.901. The molecule has 1 amide bonds. The number of carbonyl (C=O) groups excluding carboxylic acids is 1. The first kappa shape index (κ1) is 17.1. The topological polar surface area (TPSA) is 46.9 Å². The average Bonchev–Trinajstić information content (AvgIpc) is 3.24. The van der Waals surface area contributed by atoms with E-state index in [1.54, 1.807) is 18.2 Å². The lowest BCUT2D eigenvalue weighted by Crippen LogP contribution is -2.23. The fourth-order valence-corrected chi connectivity index (χ4v) is 3.58. The lowest BCUT2D eigenvalue weighted by molar-refractivity contribution is 0.0951. The number of amides is 1. The summed E-state index contributed by atoms with van der Waals surface area (Å²) in [6.07, 6.45) is 4.31. The maximum absolute atomic E-state index is 12.4. The molecule has 0 unspecified atom stereocenters. The third-order valence-electron chi connectivity index (χ3n) is 4.53. The van der Waals surface area contributed by atoms with E-state index in [0.29, 0.717) is 17.1 Å². The summed E-state index contributed by atoms with van der Waals surface area (Å²) in [6, 6.07) is 13.1. The van der Waals surface area contributed by atoms with Gasteiger partial charge in [-0.25, -0.2) is 4.98 Å². The molecule has 4 nitrogen and oxygen atoms in total. The van der Waals surface area contributed by atoms with E-state index in [4.69, 9.17) is 28.2 Å². The van der Waals surface area contributed by atoms with E-state index in [1.165, 1.54) is 6.42 Å². The van der Waals surface area contributed by atoms with Crippen LogP contribution < -0.4 is 5.32 Å². The highest BCUT2D eigenvalue weighted by Crippen LogP contribution is 2.26. The number of benzene rings is 2. The van der Waals surface area contributed by atoms with Crippen molar-refractivity contribution >= 4 is 29.1 Å². The van der Waals surface area contributed by atoms with Crippen LogP contribution in [0.3, 0.4) is 0 Å². The highest BCUT2D eigenvalue weighted by atomic mass is 35.5. The zero-order valence-electron chi connectivity index (χ0n) is 14.0. The van der Waals surface area contributed by atoms with E-state index < -0.39 is 0 Å². The Morgan fingerprint density at radius 3 is 2.88 bits per heavy atom. The fraction of sp³-hybridized carbons (Fsp3) is 0.200. The number of imidazole rings is 1. The molecule has 132 valence electrons. The van der Waals surface area contributed by atoms with Gasteiger partial charge in [0.05, 0.1) is 21.3 Å². The lowest BCUT2D eigenvalue weighted by atomic mass is 10.1. The van der Waals surface area contributed by atoms with Crippen LogP contribution in [0.4, 0.5) is 0 Å². The molecular formula is C20H17Cl2N3O. The quantitative estimate of drug-likeness (QED) is 0.705. The van der Waals surface area contributed by atoms with Crippen LogP contribution in [0.5, 0.6) is 0 Å². The van der Waals surface area contributed by atoms with Gasteiger partial charge >= 0.3 is 0 Å². The predicted molar refractivity (Wildman–Crippen MR) is 104 cm³/mol. The summed E-state index contributed by atoms with van der Waals surface area (Å²) < 4.78 is 2.21. The monoisotopic (exact) mass is 385 g/mol. The lowest BCUT2D eigenvalue weighted by Gasteiger charge is -2.08. The first-order valence-corrected chi connectivity index (χ1v) is 9.25. The SMILES string of the molecule is O=C(NCc1cccc(-c2cn3c(n2)CCC3)c1)c1cccc(Cl)c1Cl. The van der Waals surface area contributed by atoms with Gasteiger partial charge in [-0.1, -0.05) is 47.5 Å². The molecule has 0 aliphatic carbocycles. The van der Waals surface area contributed by atoms with Gasteiger partial charge in [0, 0.05) is 31.3 Å². The molecule has 1 N–H and O–H groups in total. The van der Waals surface area contributed by atoms with Gasteiger partial charge in [0.15, 0.2) is 0 Å². The molecule has 0 saturated heterocycles. The number of hydrogen-bond donors (Lipinski definition) is 1. The predicted octanol–water partition coefficient (Wildman–Crippen LogP) is 4.73. The largest absolute Gasteiger partial charge is 0.348 e. The van der Waals surface area contributed by atoms with Gasteiger partial charge < -0.3 is 9.88 Å². The van der Waals surface area contributed by atoms with Crippen molar-refractivity contribution < 1.29 is 4.79 Å². The van der Waals surface area contributed by atoms with E-state index >= 15 is 0 Å². The van der Waals surface area contributed by atoms with Crippen LogP contribution in [0.15, 0.2) is 48.7 Å². The Morgan fingerprint density at radius 1 is 1.19 bits per heavy atom. The van der Waals surface area contributed by atoms with Crippen LogP contribution in [0.2, 0.25) is 10.0 Å². The van der Waals surface area contributed by atoms with Crippen molar-refractivity contribution in [2.45, 2.75) is 25.9 Å². The van der Waals surface area contributed by atoms with Gasteiger partial charge in [-0.05, 0) is 30.2 Å². The third kappa shape index (κ3) is 3.35. The summed E-state index contributed by atoms with van der Waals surface area (Å²) in [4.78, 5) is 17.1. The molecule has 0 radical (unpaired) electrons. The highest BCUT2D eigenvalue weighted by Gasteiger charge is 2.15. The fourth-order valence-electron chi connectivity index (χ4n) is 3.19. The van der Waals surface area contributed by atoms with Crippen LogP contribution >= 0.6 is 23.2 Å². The van der Waals surface area contributed by atoms with E-state index in [-0.39, 0.29) is 10.9 Å². The second-order valence-corrected chi connectivity index (χ2v) is 7.11. The molecule has 6 heteroatoms. The maximum atomic E-state index is 12.4. The molecule has 2 heterocycles. The van der Waals surface area contributed by atoms with Gasteiger partial charge in [-0.3, -0.25) is 4.79 Å². The van der Waals surface area contributed by atoms with Gasteiger partial charge in [-0.15, -0.1) is 0 Å². The number of aryl methyl sites for hydroxylation is 2. The first-order chi connectivity index (χ1) is 12.6.